The van der Waals surface area contributed by atoms with Crippen LogP contribution < -0.4 is 0 Å². The first-order valence-corrected chi connectivity index (χ1v) is 5.09. The van der Waals surface area contributed by atoms with Crippen LogP contribution in [0.25, 0.3) is 0 Å². The Labute approximate surface area is 83.2 Å². The zero-order valence-corrected chi connectivity index (χ0v) is 8.36. The van der Waals surface area contributed by atoms with E-state index in [-0.39, 0.29) is 23.7 Å². The van der Waals surface area contributed by atoms with Gasteiger partial charge in [0.25, 0.3) is 0 Å². The third-order valence-corrected chi connectivity index (χ3v) is 2.81. The van der Waals surface area contributed by atoms with Gasteiger partial charge in [-0.25, -0.2) is 0 Å². The summed E-state index contributed by atoms with van der Waals surface area (Å²) in [7, 11) is 0. The largest absolute Gasteiger partial charge is 0.367 e. The van der Waals surface area contributed by atoms with E-state index >= 15 is 0 Å². The monoisotopic (exact) mass is 197 g/mol. The average molecular weight is 197 g/mol. The molecule has 0 N–H and O–H groups in total. The van der Waals surface area contributed by atoms with Gasteiger partial charge in [-0.1, -0.05) is 0 Å². The SMILES string of the molecule is CC(=O)N1CCOC(C(=O)C2CC2)C1. The lowest BCUT2D eigenvalue weighted by Gasteiger charge is -2.31. The molecule has 78 valence electrons. The molecule has 0 aromatic carbocycles. The molecule has 4 heteroatoms. The van der Waals surface area contributed by atoms with Crippen molar-refractivity contribution < 1.29 is 14.3 Å². The predicted octanol–water partition coefficient (Wildman–Crippen LogP) is 0.213. The number of ether oxygens (including phenoxy) is 1. The Hall–Kier alpha value is -0.900. The lowest BCUT2D eigenvalue weighted by Crippen LogP contribution is -2.48. The maximum Gasteiger partial charge on any atom is 0.219 e. The molecule has 14 heavy (non-hydrogen) atoms. The number of carbonyl (C=O) groups is 2. The fraction of sp³-hybridized carbons (Fsp3) is 0.800. The molecule has 1 unspecified atom stereocenters. The molecule has 1 aliphatic heterocycles. The Morgan fingerprint density at radius 1 is 1.36 bits per heavy atom. The van der Waals surface area contributed by atoms with Crippen LogP contribution in [0.15, 0.2) is 0 Å². The highest BCUT2D eigenvalue weighted by atomic mass is 16.5. The maximum atomic E-state index is 11.7. The minimum atomic E-state index is -0.361. The number of Topliss-reactive ketones (excluding diaryl/α,β-unsaturated/α-hetero) is 1. The van der Waals surface area contributed by atoms with E-state index in [1.54, 1.807) is 4.90 Å². The van der Waals surface area contributed by atoms with Gasteiger partial charge in [0.05, 0.1) is 13.2 Å². The second-order valence-corrected chi connectivity index (χ2v) is 4.00. The first-order chi connectivity index (χ1) is 6.68. The van der Waals surface area contributed by atoms with Gasteiger partial charge in [0, 0.05) is 19.4 Å². The van der Waals surface area contributed by atoms with Gasteiger partial charge in [-0.05, 0) is 12.8 Å². The zero-order chi connectivity index (χ0) is 10.1. The number of hydrogen-bond acceptors (Lipinski definition) is 3. The van der Waals surface area contributed by atoms with Crippen LogP contribution in [0.4, 0.5) is 0 Å². The van der Waals surface area contributed by atoms with Gasteiger partial charge in [-0.3, -0.25) is 9.59 Å². The van der Waals surface area contributed by atoms with Crippen molar-refractivity contribution in [2.75, 3.05) is 19.7 Å². The van der Waals surface area contributed by atoms with E-state index in [1.165, 1.54) is 6.92 Å². The van der Waals surface area contributed by atoms with Gasteiger partial charge >= 0.3 is 0 Å². The summed E-state index contributed by atoms with van der Waals surface area (Å²) >= 11 is 0. The van der Waals surface area contributed by atoms with E-state index in [9.17, 15) is 9.59 Å². The van der Waals surface area contributed by atoms with Gasteiger partial charge in [0.2, 0.25) is 5.91 Å². The first-order valence-electron chi connectivity index (χ1n) is 5.09. The van der Waals surface area contributed by atoms with E-state index in [0.717, 1.165) is 12.8 Å². The highest BCUT2D eigenvalue weighted by Gasteiger charge is 2.37. The molecule has 2 rings (SSSR count). The summed E-state index contributed by atoms with van der Waals surface area (Å²) in [5.74, 6) is 0.435. The normalized spacial score (nSPS) is 27.5. The lowest BCUT2D eigenvalue weighted by atomic mass is 10.1. The summed E-state index contributed by atoms with van der Waals surface area (Å²) in [5.41, 5.74) is 0. The topological polar surface area (TPSA) is 46.6 Å². The highest BCUT2D eigenvalue weighted by molar-refractivity contribution is 5.88. The Kier molecular flexibility index (Phi) is 2.54. The molecule has 0 spiro atoms. The van der Waals surface area contributed by atoms with Crippen molar-refractivity contribution in [1.29, 1.82) is 0 Å². The third-order valence-electron chi connectivity index (χ3n) is 2.81. The number of morpholine rings is 1. The van der Waals surface area contributed by atoms with Gasteiger partial charge in [0.1, 0.15) is 6.10 Å². The molecule has 1 saturated heterocycles. The summed E-state index contributed by atoms with van der Waals surface area (Å²) in [4.78, 5) is 24.5. The van der Waals surface area contributed by atoms with Gasteiger partial charge in [-0.15, -0.1) is 0 Å². The van der Waals surface area contributed by atoms with Crippen LogP contribution in [-0.4, -0.2) is 42.4 Å². The summed E-state index contributed by atoms with van der Waals surface area (Å²) in [6, 6.07) is 0. The summed E-state index contributed by atoms with van der Waals surface area (Å²) in [5, 5.41) is 0. The Morgan fingerprint density at radius 2 is 2.07 bits per heavy atom. The van der Waals surface area contributed by atoms with Crippen molar-refractivity contribution in [2.45, 2.75) is 25.9 Å². The van der Waals surface area contributed by atoms with Crippen molar-refractivity contribution >= 4 is 11.7 Å². The molecule has 1 heterocycles. The second kappa shape index (κ2) is 3.69. The number of ketones is 1. The predicted molar refractivity (Wildman–Crippen MR) is 49.7 cm³/mol. The average Bonchev–Trinajstić information content (AvgIpc) is 3.00. The smallest absolute Gasteiger partial charge is 0.219 e. The molecule has 0 bridgehead atoms. The number of rotatable bonds is 2. The van der Waals surface area contributed by atoms with Crippen LogP contribution in [0, 0.1) is 5.92 Å². The van der Waals surface area contributed by atoms with Gasteiger partial charge in [-0.2, -0.15) is 0 Å². The number of hydrogen-bond donors (Lipinski definition) is 0. The first kappa shape index (κ1) is 9.65. The molecular weight excluding hydrogens is 182 g/mol. The van der Waals surface area contributed by atoms with Crippen LogP contribution in [0.1, 0.15) is 19.8 Å². The van der Waals surface area contributed by atoms with E-state index < -0.39 is 0 Å². The minimum Gasteiger partial charge on any atom is -0.367 e. The van der Waals surface area contributed by atoms with Crippen LogP contribution >= 0.6 is 0 Å². The molecule has 0 aromatic rings. The van der Waals surface area contributed by atoms with Crippen molar-refractivity contribution in [1.82, 2.24) is 4.90 Å². The maximum absolute atomic E-state index is 11.7. The Balaban J connectivity index is 1.92. The van der Waals surface area contributed by atoms with E-state index in [1.807, 2.05) is 0 Å². The van der Waals surface area contributed by atoms with E-state index in [2.05, 4.69) is 0 Å². The van der Waals surface area contributed by atoms with Crippen molar-refractivity contribution in [3.8, 4) is 0 Å². The van der Waals surface area contributed by atoms with Gasteiger partial charge in [0.15, 0.2) is 5.78 Å². The fourth-order valence-electron chi connectivity index (χ4n) is 1.74. The molecule has 0 radical (unpaired) electrons. The van der Waals surface area contributed by atoms with E-state index in [4.69, 9.17) is 4.74 Å². The quantitative estimate of drug-likeness (QED) is 0.636. The molecule has 1 atom stereocenters. The second-order valence-electron chi connectivity index (χ2n) is 4.00. The summed E-state index contributed by atoms with van der Waals surface area (Å²) in [6.45, 7) is 3.08. The standard InChI is InChI=1S/C10H15NO3/c1-7(12)11-4-5-14-9(6-11)10(13)8-2-3-8/h8-9H,2-6H2,1H3. The minimum absolute atomic E-state index is 0.0295. The molecule has 2 fully saturated rings. The molecule has 1 aliphatic carbocycles. The molecule has 0 aromatic heterocycles. The molecular formula is C10H15NO3. The van der Waals surface area contributed by atoms with Crippen LogP contribution in [0.5, 0.6) is 0 Å². The number of nitrogens with zero attached hydrogens (tertiary/aromatic N) is 1. The number of carbonyl (C=O) groups excluding carboxylic acids is 2. The summed E-state index contributed by atoms with van der Waals surface area (Å²) in [6.07, 6.45) is 1.64. The molecule has 4 nitrogen and oxygen atoms in total. The third kappa shape index (κ3) is 1.95. The van der Waals surface area contributed by atoms with E-state index in [0.29, 0.717) is 19.7 Å². The van der Waals surface area contributed by atoms with Crippen molar-refractivity contribution in [3.63, 3.8) is 0 Å². The van der Waals surface area contributed by atoms with Crippen LogP contribution in [0.3, 0.4) is 0 Å². The zero-order valence-electron chi connectivity index (χ0n) is 8.36. The number of amides is 1. The lowest BCUT2D eigenvalue weighted by molar-refractivity contribution is -0.145. The van der Waals surface area contributed by atoms with Gasteiger partial charge < -0.3 is 9.64 Å². The summed E-state index contributed by atoms with van der Waals surface area (Å²) < 4.78 is 5.38. The van der Waals surface area contributed by atoms with Crippen LogP contribution in [0.2, 0.25) is 0 Å². The van der Waals surface area contributed by atoms with Crippen molar-refractivity contribution in [2.24, 2.45) is 5.92 Å². The molecule has 2 aliphatic rings. The Morgan fingerprint density at radius 3 is 2.64 bits per heavy atom. The van der Waals surface area contributed by atoms with Crippen molar-refractivity contribution in [3.05, 3.63) is 0 Å². The fourth-order valence-corrected chi connectivity index (χ4v) is 1.74. The van der Waals surface area contributed by atoms with Crippen LogP contribution in [-0.2, 0) is 14.3 Å². The molecule has 1 amide bonds. The Bertz CT molecular complexity index is 260. The highest BCUT2D eigenvalue weighted by Crippen LogP contribution is 2.32. The molecule has 1 saturated carbocycles.